The normalized spacial score (nSPS) is 15.9. The maximum absolute atomic E-state index is 12.9. The van der Waals surface area contributed by atoms with Crippen molar-refractivity contribution in [3.63, 3.8) is 0 Å². The summed E-state index contributed by atoms with van der Waals surface area (Å²) in [6.07, 6.45) is 3.70. The van der Waals surface area contributed by atoms with Crippen molar-refractivity contribution in [2.24, 2.45) is 0 Å². The number of aliphatic carboxylic acids is 1. The van der Waals surface area contributed by atoms with Crippen molar-refractivity contribution < 1.29 is 24.2 Å². The Kier molecular flexibility index (Phi) is 7.50. The average molecular weight is 465 g/mol. The van der Waals surface area contributed by atoms with Crippen LogP contribution in [-0.2, 0) is 14.3 Å². The number of fused-ring (bicyclic) bond motifs is 3. The molecule has 2 N–H and O–H groups in total. The summed E-state index contributed by atoms with van der Waals surface area (Å²) >= 11 is 0. The molecule has 2 aliphatic rings. The summed E-state index contributed by atoms with van der Waals surface area (Å²) in [5.41, 5.74) is 4.60. The van der Waals surface area contributed by atoms with Gasteiger partial charge in [0, 0.05) is 24.4 Å². The fourth-order valence-corrected chi connectivity index (χ4v) is 5.21. The van der Waals surface area contributed by atoms with Crippen molar-refractivity contribution >= 4 is 18.0 Å². The molecule has 4 rings (SSSR count). The molecule has 0 spiro atoms. The number of carbonyl (C=O) groups is 3. The Balaban J connectivity index is 1.35. The van der Waals surface area contributed by atoms with Crippen LogP contribution >= 0.6 is 0 Å². The van der Waals surface area contributed by atoms with Crippen molar-refractivity contribution in [2.45, 2.75) is 63.5 Å². The quantitative estimate of drug-likeness (QED) is 0.568. The number of hydrogen-bond acceptors (Lipinski definition) is 4. The highest BCUT2D eigenvalue weighted by atomic mass is 16.5. The van der Waals surface area contributed by atoms with Crippen LogP contribution in [-0.4, -0.2) is 53.2 Å². The highest BCUT2D eigenvalue weighted by Gasteiger charge is 2.31. The van der Waals surface area contributed by atoms with E-state index in [0.717, 1.165) is 47.9 Å². The molecule has 0 saturated heterocycles. The van der Waals surface area contributed by atoms with Crippen molar-refractivity contribution in [3.05, 3.63) is 59.7 Å². The number of carbonyl (C=O) groups excluding carboxylic acids is 2. The number of nitrogens with one attached hydrogen (secondary N) is 1. The summed E-state index contributed by atoms with van der Waals surface area (Å²) in [7, 11) is 0. The summed E-state index contributed by atoms with van der Waals surface area (Å²) in [5.74, 6) is -1.29. The molecule has 0 radical (unpaired) electrons. The van der Waals surface area contributed by atoms with E-state index in [4.69, 9.17) is 4.74 Å². The number of benzene rings is 2. The Labute approximate surface area is 200 Å². The van der Waals surface area contributed by atoms with E-state index in [9.17, 15) is 19.5 Å². The van der Waals surface area contributed by atoms with Gasteiger partial charge in [0.25, 0.3) is 0 Å². The lowest BCUT2D eigenvalue weighted by molar-refractivity contribution is -0.146. The molecule has 1 fully saturated rings. The van der Waals surface area contributed by atoms with E-state index in [2.05, 4.69) is 29.6 Å². The number of ether oxygens (including phenoxy) is 1. The first-order valence-electron chi connectivity index (χ1n) is 12.1. The Morgan fingerprint density at radius 1 is 1.03 bits per heavy atom. The van der Waals surface area contributed by atoms with Gasteiger partial charge in [-0.05, 0) is 41.5 Å². The second-order valence-electron chi connectivity index (χ2n) is 9.13. The van der Waals surface area contributed by atoms with Crippen LogP contribution < -0.4 is 5.32 Å². The average Bonchev–Trinajstić information content (AvgIpc) is 3.47. The van der Waals surface area contributed by atoms with Gasteiger partial charge in [0.1, 0.15) is 13.2 Å². The van der Waals surface area contributed by atoms with E-state index < -0.39 is 18.1 Å². The van der Waals surface area contributed by atoms with Crippen LogP contribution in [0.4, 0.5) is 4.79 Å². The van der Waals surface area contributed by atoms with Crippen LogP contribution in [0.2, 0.25) is 0 Å². The number of alkyl carbamates (subject to hydrolysis) is 1. The number of carboxylic acids is 1. The maximum atomic E-state index is 12.9. The lowest BCUT2D eigenvalue weighted by Crippen LogP contribution is -2.46. The second-order valence-corrected chi connectivity index (χ2v) is 9.13. The van der Waals surface area contributed by atoms with Gasteiger partial charge in [-0.25, -0.2) is 4.79 Å². The van der Waals surface area contributed by atoms with Gasteiger partial charge < -0.3 is 20.1 Å². The van der Waals surface area contributed by atoms with Crippen molar-refractivity contribution in [3.8, 4) is 11.1 Å². The van der Waals surface area contributed by atoms with Gasteiger partial charge >= 0.3 is 12.1 Å². The molecule has 0 unspecified atom stereocenters. The highest BCUT2D eigenvalue weighted by molar-refractivity contribution is 5.83. The van der Waals surface area contributed by atoms with E-state index in [1.54, 1.807) is 0 Å². The Hall–Kier alpha value is -3.35. The largest absolute Gasteiger partial charge is 0.480 e. The Bertz CT molecular complexity index is 1000. The molecule has 1 atom stereocenters. The lowest BCUT2D eigenvalue weighted by Gasteiger charge is -2.29. The molecule has 180 valence electrons. The first-order chi connectivity index (χ1) is 16.5. The van der Waals surface area contributed by atoms with Crippen molar-refractivity contribution in [1.29, 1.82) is 0 Å². The smallest absolute Gasteiger partial charge is 0.407 e. The van der Waals surface area contributed by atoms with Gasteiger partial charge in [-0.1, -0.05) is 68.3 Å². The fourth-order valence-electron chi connectivity index (χ4n) is 5.21. The lowest BCUT2D eigenvalue weighted by atomic mass is 9.98. The molecule has 1 saturated carbocycles. The number of hydrogen-bond donors (Lipinski definition) is 2. The van der Waals surface area contributed by atoms with Gasteiger partial charge in [-0.15, -0.1) is 0 Å². The van der Waals surface area contributed by atoms with Gasteiger partial charge in [0.05, 0.1) is 0 Å². The predicted molar refractivity (Wildman–Crippen MR) is 129 cm³/mol. The topological polar surface area (TPSA) is 95.9 Å². The van der Waals surface area contributed by atoms with Gasteiger partial charge in [-0.3, -0.25) is 9.59 Å². The van der Waals surface area contributed by atoms with Crippen LogP contribution in [0.5, 0.6) is 0 Å². The number of nitrogens with zero attached hydrogens (tertiary/aromatic N) is 1. The molecule has 2 amide bonds. The summed E-state index contributed by atoms with van der Waals surface area (Å²) in [4.78, 5) is 38.3. The summed E-state index contributed by atoms with van der Waals surface area (Å²) in [5, 5.41) is 12.1. The molecule has 34 heavy (non-hydrogen) atoms. The van der Waals surface area contributed by atoms with Crippen molar-refractivity contribution in [2.75, 3.05) is 13.2 Å². The summed E-state index contributed by atoms with van der Waals surface area (Å²) < 4.78 is 5.61. The van der Waals surface area contributed by atoms with Crippen LogP contribution in [0.15, 0.2) is 48.5 Å². The van der Waals surface area contributed by atoms with E-state index in [1.807, 2.05) is 31.2 Å². The molecular weight excluding hydrogens is 432 g/mol. The Morgan fingerprint density at radius 3 is 2.18 bits per heavy atom. The molecule has 7 heteroatoms. The zero-order valence-electron chi connectivity index (χ0n) is 19.5. The molecule has 2 aromatic carbocycles. The fraction of sp³-hybridized carbons (Fsp3) is 0.444. The standard InChI is InChI=1S/C27H32N2O5/c1-2-18(15-25(30)29(16-26(31)32)19-9-3-4-10-19)28-27(33)34-17-24-22-13-7-5-11-20(22)21-12-6-8-14-23(21)24/h5-8,11-14,18-19,24H,2-4,9-10,15-17H2,1H3,(H,28,33)(H,31,32)/t18-/m1/s1. The SMILES string of the molecule is CC[C@H](CC(=O)N(CC(=O)O)C1CCCC1)NC(=O)OCC1c2ccccc2-c2ccccc21. The third-order valence-electron chi connectivity index (χ3n) is 6.97. The Morgan fingerprint density at radius 2 is 1.62 bits per heavy atom. The van der Waals surface area contributed by atoms with Crippen LogP contribution in [0.1, 0.15) is 62.5 Å². The molecule has 0 aromatic heterocycles. The zero-order chi connectivity index (χ0) is 24.1. The van der Waals surface area contributed by atoms with E-state index in [0.29, 0.717) is 6.42 Å². The number of amides is 2. The zero-order valence-corrected chi connectivity index (χ0v) is 19.5. The summed E-state index contributed by atoms with van der Waals surface area (Å²) in [6.45, 7) is 1.79. The third kappa shape index (κ3) is 5.24. The highest BCUT2D eigenvalue weighted by Crippen LogP contribution is 2.44. The minimum absolute atomic E-state index is 0.0319. The third-order valence-corrected chi connectivity index (χ3v) is 6.97. The molecule has 7 nitrogen and oxygen atoms in total. The first-order valence-corrected chi connectivity index (χ1v) is 12.1. The minimum atomic E-state index is -1.02. The van der Waals surface area contributed by atoms with Crippen LogP contribution in [0, 0.1) is 0 Å². The predicted octanol–water partition coefficient (Wildman–Crippen LogP) is 4.55. The number of rotatable bonds is 9. The van der Waals surface area contributed by atoms with E-state index in [-0.39, 0.29) is 37.4 Å². The van der Waals surface area contributed by atoms with E-state index >= 15 is 0 Å². The van der Waals surface area contributed by atoms with Crippen molar-refractivity contribution in [1.82, 2.24) is 10.2 Å². The maximum Gasteiger partial charge on any atom is 0.407 e. The first kappa shape index (κ1) is 23.8. The molecule has 0 aliphatic heterocycles. The molecular formula is C27H32N2O5. The van der Waals surface area contributed by atoms with Gasteiger partial charge in [0.2, 0.25) is 5.91 Å². The summed E-state index contributed by atoms with van der Waals surface area (Å²) in [6, 6.07) is 15.8. The molecule has 0 bridgehead atoms. The van der Waals surface area contributed by atoms with Crippen LogP contribution in [0.3, 0.4) is 0 Å². The number of carboxylic acid groups (broad SMARTS) is 1. The van der Waals surface area contributed by atoms with E-state index in [1.165, 1.54) is 4.90 Å². The van der Waals surface area contributed by atoms with Gasteiger partial charge in [-0.2, -0.15) is 0 Å². The monoisotopic (exact) mass is 464 g/mol. The second kappa shape index (κ2) is 10.7. The molecule has 2 aliphatic carbocycles. The van der Waals surface area contributed by atoms with Crippen LogP contribution in [0.25, 0.3) is 11.1 Å². The molecule has 2 aromatic rings. The van der Waals surface area contributed by atoms with Gasteiger partial charge in [0.15, 0.2) is 0 Å². The minimum Gasteiger partial charge on any atom is -0.480 e. The molecule has 0 heterocycles.